The fourth-order valence-corrected chi connectivity index (χ4v) is 6.34. The quantitative estimate of drug-likeness (QED) is 0.858. The predicted molar refractivity (Wildman–Crippen MR) is 107 cm³/mol. The Labute approximate surface area is 160 Å². The Bertz CT molecular complexity index is 911. The summed E-state index contributed by atoms with van der Waals surface area (Å²) in [6.07, 6.45) is 2.15. The van der Waals surface area contributed by atoms with Crippen LogP contribution in [0.25, 0.3) is 0 Å². The van der Waals surface area contributed by atoms with E-state index in [4.69, 9.17) is 5.73 Å². The third kappa shape index (κ3) is 2.08. The van der Waals surface area contributed by atoms with Gasteiger partial charge in [-0.05, 0) is 55.3 Å². The number of likely N-dealkylation sites (N-methyl/N-ethyl adjacent to an activating group) is 1. The lowest BCUT2D eigenvalue weighted by atomic mass is 9.40. The Morgan fingerprint density at radius 3 is 2.74 bits per heavy atom. The average molecular weight is 361 g/mol. The Morgan fingerprint density at radius 2 is 2.04 bits per heavy atom. The maximum atomic E-state index is 11.7. The van der Waals surface area contributed by atoms with E-state index in [0.717, 1.165) is 25.9 Å². The highest BCUT2D eigenvalue weighted by Gasteiger charge is 2.78. The number of nitrogens with one attached hydrogen (secondary N) is 1. The molecule has 2 aromatic carbocycles. The molecular formula is C23H27N3O. The molecule has 0 aromatic heterocycles. The number of rotatable bonds is 5. The van der Waals surface area contributed by atoms with Gasteiger partial charge in [-0.1, -0.05) is 43.3 Å². The second kappa shape index (κ2) is 5.66. The van der Waals surface area contributed by atoms with Gasteiger partial charge in [-0.25, -0.2) is 0 Å². The van der Waals surface area contributed by atoms with Gasteiger partial charge in [0.2, 0.25) is 5.91 Å². The summed E-state index contributed by atoms with van der Waals surface area (Å²) in [7, 11) is 2.24. The first-order chi connectivity index (χ1) is 13.0. The minimum absolute atomic E-state index is 0.0711. The summed E-state index contributed by atoms with van der Waals surface area (Å²) in [5.74, 6) is -0.336. The highest BCUT2D eigenvalue weighted by Crippen LogP contribution is 2.70. The van der Waals surface area contributed by atoms with Crippen molar-refractivity contribution in [2.75, 3.05) is 20.1 Å². The van der Waals surface area contributed by atoms with Crippen molar-refractivity contribution in [3.63, 3.8) is 0 Å². The molecule has 27 heavy (non-hydrogen) atoms. The predicted octanol–water partition coefficient (Wildman–Crippen LogP) is 2.11. The maximum absolute atomic E-state index is 11.7. The highest BCUT2D eigenvalue weighted by atomic mass is 16.1. The minimum atomic E-state index is -0.336. The van der Waals surface area contributed by atoms with E-state index in [2.05, 4.69) is 66.7 Å². The number of piperidine rings is 1. The first kappa shape index (κ1) is 17.0. The van der Waals surface area contributed by atoms with Crippen molar-refractivity contribution in [3.05, 3.63) is 70.8 Å². The molecule has 2 aliphatic carbocycles. The van der Waals surface area contributed by atoms with Crippen molar-refractivity contribution in [1.82, 2.24) is 10.2 Å². The number of primary amides is 1. The second-order valence-corrected chi connectivity index (χ2v) is 8.80. The first-order valence-corrected chi connectivity index (χ1v) is 9.88. The van der Waals surface area contributed by atoms with Gasteiger partial charge in [-0.2, -0.15) is 0 Å². The number of benzene rings is 2. The topological polar surface area (TPSA) is 58.4 Å². The Kier molecular flexibility index (Phi) is 3.56. The van der Waals surface area contributed by atoms with E-state index in [1.807, 2.05) is 6.07 Å². The van der Waals surface area contributed by atoms with Gasteiger partial charge in [0.25, 0.3) is 0 Å². The Hall–Kier alpha value is -2.17. The molecule has 5 rings (SSSR count). The molecule has 140 valence electrons. The average Bonchev–Trinajstić information content (AvgIpc) is 2.89. The summed E-state index contributed by atoms with van der Waals surface area (Å²) in [4.78, 5) is 14.2. The number of nitrogens with zero attached hydrogens (tertiary/aromatic N) is 1. The van der Waals surface area contributed by atoms with Crippen LogP contribution in [0.2, 0.25) is 0 Å². The van der Waals surface area contributed by atoms with E-state index in [-0.39, 0.29) is 11.3 Å². The van der Waals surface area contributed by atoms with Gasteiger partial charge in [-0.3, -0.25) is 4.79 Å². The van der Waals surface area contributed by atoms with Crippen LogP contribution in [0.3, 0.4) is 0 Å². The SMILES string of the molecule is CN1CC23Cc4ccc(C(N)=O)cc4C2(C)C(NCCc2ccccc2)C13. The molecule has 1 amide bonds. The minimum Gasteiger partial charge on any atom is -0.366 e. The van der Waals surface area contributed by atoms with Crippen molar-refractivity contribution in [3.8, 4) is 0 Å². The van der Waals surface area contributed by atoms with E-state index in [9.17, 15) is 4.79 Å². The lowest BCUT2D eigenvalue weighted by Crippen LogP contribution is -2.89. The van der Waals surface area contributed by atoms with E-state index < -0.39 is 0 Å². The largest absolute Gasteiger partial charge is 0.366 e. The number of carbonyl (C=O) groups is 1. The van der Waals surface area contributed by atoms with Crippen LogP contribution < -0.4 is 11.1 Å². The molecule has 3 aliphatic rings. The summed E-state index contributed by atoms with van der Waals surface area (Å²) < 4.78 is 0. The molecule has 0 radical (unpaired) electrons. The molecule has 0 bridgehead atoms. The summed E-state index contributed by atoms with van der Waals surface area (Å²) in [6, 6.07) is 17.7. The molecule has 1 saturated carbocycles. The molecule has 3 N–H and O–H groups in total. The second-order valence-electron chi connectivity index (χ2n) is 8.80. The molecule has 2 aromatic rings. The van der Waals surface area contributed by atoms with Gasteiger partial charge in [0.05, 0.1) is 0 Å². The van der Waals surface area contributed by atoms with Crippen LogP contribution in [-0.4, -0.2) is 43.0 Å². The fraction of sp³-hybridized carbons (Fsp3) is 0.435. The molecule has 4 heteroatoms. The van der Waals surface area contributed by atoms with Gasteiger partial charge in [0.15, 0.2) is 0 Å². The van der Waals surface area contributed by atoms with Crippen molar-refractivity contribution in [2.24, 2.45) is 11.1 Å². The number of likely N-dealkylation sites (tertiary alicyclic amines) is 1. The van der Waals surface area contributed by atoms with Gasteiger partial charge in [0, 0.05) is 35.0 Å². The molecule has 1 heterocycles. The van der Waals surface area contributed by atoms with Crippen LogP contribution in [0.4, 0.5) is 0 Å². The number of nitrogens with two attached hydrogens (primary N) is 1. The van der Waals surface area contributed by atoms with E-state index in [1.165, 1.54) is 16.7 Å². The lowest BCUT2D eigenvalue weighted by molar-refractivity contribution is -0.215. The standard InChI is InChI=1S/C23H27N3O/c1-22-18-12-16(21(24)27)8-9-17(18)13-23(22)14-26(2)20(23)19(22)25-11-10-15-6-4-3-5-7-15/h3-9,12,19-20,25H,10-11,13-14H2,1-2H3,(H2,24,27). The maximum Gasteiger partial charge on any atom is 0.248 e. The molecular weight excluding hydrogens is 334 g/mol. The lowest BCUT2D eigenvalue weighted by Gasteiger charge is -2.76. The van der Waals surface area contributed by atoms with Crippen molar-refractivity contribution < 1.29 is 4.79 Å². The molecule has 2 fully saturated rings. The number of amides is 1. The zero-order chi connectivity index (χ0) is 18.8. The number of hydrogen-bond donors (Lipinski definition) is 2. The summed E-state index contributed by atoms with van der Waals surface area (Å²) in [5.41, 5.74) is 10.7. The number of carbonyl (C=O) groups excluding carboxylic acids is 1. The molecule has 1 spiro atoms. The van der Waals surface area contributed by atoms with Gasteiger partial charge in [-0.15, -0.1) is 0 Å². The molecule has 1 aliphatic heterocycles. The normalized spacial score (nSPS) is 33.4. The smallest absolute Gasteiger partial charge is 0.248 e. The zero-order valence-electron chi connectivity index (χ0n) is 16.0. The van der Waals surface area contributed by atoms with Gasteiger partial charge in [0.1, 0.15) is 0 Å². The van der Waals surface area contributed by atoms with Crippen LogP contribution in [0.1, 0.15) is 34.0 Å². The Morgan fingerprint density at radius 1 is 1.26 bits per heavy atom. The van der Waals surface area contributed by atoms with Crippen LogP contribution in [0.15, 0.2) is 48.5 Å². The van der Waals surface area contributed by atoms with Crippen molar-refractivity contribution >= 4 is 5.91 Å². The third-order valence-corrected chi connectivity index (χ3v) is 7.63. The van der Waals surface area contributed by atoms with E-state index >= 15 is 0 Å². The van der Waals surface area contributed by atoms with Crippen molar-refractivity contribution in [2.45, 2.75) is 37.3 Å². The number of fused-ring (bicyclic) bond motifs is 2. The molecule has 4 unspecified atom stereocenters. The van der Waals surface area contributed by atoms with Gasteiger partial charge < -0.3 is 16.0 Å². The van der Waals surface area contributed by atoms with Crippen LogP contribution in [0, 0.1) is 5.41 Å². The zero-order valence-corrected chi connectivity index (χ0v) is 16.0. The van der Waals surface area contributed by atoms with E-state index in [0.29, 0.717) is 23.1 Å². The van der Waals surface area contributed by atoms with Crippen LogP contribution >= 0.6 is 0 Å². The summed E-state index contributed by atoms with van der Waals surface area (Å²) in [5, 5.41) is 3.87. The summed E-state index contributed by atoms with van der Waals surface area (Å²) >= 11 is 0. The summed E-state index contributed by atoms with van der Waals surface area (Å²) in [6.45, 7) is 4.49. The molecule has 1 saturated heterocycles. The van der Waals surface area contributed by atoms with E-state index in [1.54, 1.807) is 0 Å². The van der Waals surface area contributed by atoms with Gasteiger partial charge >= 0.3 is 0 Å². The van der Waals surface area contributed by atoms with Crippen LogP contribution in [0.5, 0.6) is 0 Å². The first-order valence-electron chi connectivity index (χ1n) is 9.88. The van der Waals surface area contributed by atoms with Crippen LogP contribution in [-0.2, 0) is 18.3 Å². The van der Waals surface area contributed by atoms with Crippen molar-refractivity contribution in [1.29, 1.82) is 0 Å². The fourth-order valence-electron chi connectivity index (χ4n) is 6.34. The highest BCUT2D eigenvalue weighted by molar-refractivity contribution is 5.93. The number of hydrogen-bond acceptors (Lipinski definition) is 3. The third-order valence-electron chi connectivity index (χ3n) is 7.63. The molecule has 4 nitrogen and oxygen atoms in total. The molecule has 4 atom stereocenters. The monoisotopic (exact) mass is 361 g/mol. The Balaban J connectivity index is 1.42.